The van der Waals surface area contributed by atoms with E-state index in [9.17, 15) is 14.4 Å². The van der Waals surface area contributed by atoms with Gasteiger partial charge in [0.05, 0.1) is 11.8 Å². The molecule has 4 aliphatic carbocycles. The van der Waals surface area contributed by atoms with Crippen LogP contribution in [-0.2, 0) is 14.4 Å². The Bertz CT molecular complexity index is 847. The van der Waals surface area contributed by atoms with Gasteiger partial charge in [-0.3, -0.25) is 14.5 Å². The zero-order chi connectivity index (χ0) is 19.0. The van der Waals surface area contributed by atoms with Gasteiger partial charge in [-0.15, -0.1) is 0 Å². The SMILES string of the molecule is Cc1cccc(C)c1OC(=O)[C@@H](C)N1C(=O)[C@H]2[C@@H]3C=C[C@H]([C@H]4C[C@H]34)[C@@H]2C1=O. The fourth-order valence-electron chi connectivity index (χ4n) is 5.61. The summed E-state index contributed by atoms with van der Waals surface area (Å²) in [5, 5.41) is 0. The summed E-state index contributed by atoms with van der Waals surface area (Å²) in [6, 6.07) is 4.73. The van der Waals surface area contributed by atoms with E-state index in [1.54, 1.807) is 6.92 Å². The number of amides is 2. The van der Waals surface area contributed by atoms with E-state index in [0.29, 0.717) is 17.6 Å². The highest BCUT2D eigenvalue weighted by atomic mass is 16.5. The highest BCUT2D eigenvalue weighted by molar-refractivity contribution is 6.08. The topological polar surface area (TPSA) is 63.7 Å². The number of carbonyl (C=O) groups excluding carboxylic acids is 3. The summed E-state index contributed by atoms with van der Waals surface area (Å²) in [6.07, 6.45) is 5.39. The van der Waals surface area contributed by atoms with E-state index < -0.39 is 12.0 Å². The molecule has 0 N–H and O–H groups in total. The van der Waals surface area contributed by atoms with Crippen LogP contribution in [0, 0.1) is 49.4 Å². The lowest BCUT2D eigenvalue weighted by atomic mass is 9.63. The normalized spacial score (nSPS) is 36.5. The number of para-hydroxylation sites is 1. The number of allylic oxidation sites excluding steroid dienone is 2. The van der Waals surface area contributed by atoms with E-state index in [2.05, 4.69) is 12.2 Å². The second-order valence-corrected chi connectivity index (χ2v) is 8.52. The minimum atomic E-state index is -0.912. The number of ether oxygens (including phenoxy) is 1. The van der Waals surface area contributed by atoms with Crippen molar-refractivity contribution in [1.82, 2.24) is 4.90 Å². The largest absolute Gasteiger partial charge is 0.424 e. The summed E-state index contributed by atoms with van der Waals surface area (Å²) in [5.41, 5.74) is 1.70. The highest BCUT2D eigenvalue weighted by Gasteiger charge is 2.67. The van der Waals surface area contributed by atoms with Crippen LogP contribution in [-0.4, -0.2) is 28.7 Å². The zero-order valence-corrected chi connectivity index (χ0v) is 15.7. The number of aryl methyl sites for hydroxylation is 2. The van der Waals surface area contributed by atoms with Crippen molar-refractivity contribution in [2.75, 3.05) is 0 Å². The first-order chi connectivity index (χ1) is 12.9. The number of nitrogens with zero attached hydrogens (tertiary/aromatic N) is 1. The maximum absolute atomic E-state index is 13.1. The molecule has 0 spiro atoms. The molecule has 1 aliphatic heterocycles. The quantitative estimate of drug-likeness (QED) is 0.358. The van der Waals surface area contributed by atoms with Crippen molar-refractivity contribution in [3.63, 3.8) is 0 Å². The maximum atomic E-state index is 13.1. The molecule has 5 aliphatic rings. The first-order valence-corrected chi connectivity index (χ1v) is 9.73. The summed E-state index contributed by atoms with van der Waals surface area (Å²) in [6.45, 7) is 5.34. The lowest BCUT2D eigenvalue weighted by molar-refractivity contribution is -0.152. The Balaban J connectivity index is 1.40. The Morgan fingerprint density at radius 3 is 2.07 bits per heavy atom. The third-order valence-electron chi connectivity index (χ3n) is 7.04. The molecular weight excluding hydrogens is 342 g/mol. The van der Waals surface area contributed by atoms with Gasteiger partial charge >= 0.3 is 5.97 Å². The van der Waals surface area contributed by atoms with Crippen LogP contribution in [0.5, 0.6) is 5.75 Å². The Morgan fingerprint density at radius 1 is 1.04 bits per heavy atom. The van der Waals surface area contributed by atoms with Crippen molar-refractivity contribution < 1.29 is 19.1 Å². The lowest BCUT2D eigenvalue weighted by Gasteiger charge is -2.37. The number of imide groups is 1. The van der Waals surface area contributed by atoms with E-state index in [-0.39, 0.29) is 35.5 Å². The molecule has 7 atom stereocenters. The maximum Gasteiger partial charge on any atom is 0.334 e. The number of carbonyl (C=O) groups is 3. The summed E-state index contributed by atoms with van der Waals surface area (Å²) in [7, 11) is 0. The van der Waals surface area contributed by atoms with Gasteiger partial charge in [-0.1, -0.05) is 30.4 Å². The minimum absolute atomic E-state index is 0.160. The third kappa shape index (κ3) is 2.20. The molecular formula is C22H23NO4. The summed E-state index contributed by atoms with van der Waals surface area (Å²) < 4.78 is 5.60. The van der Waals surface area contributed by atoms with Gasteiger partial charge in [-0.2, -0.15) is 0 Å². The van der Waals surface area contributed by atoms with E-state index in [4.69, 9.17) is 4.74 Å². The van der Waals surface area contributed by atoms with Gasteiger partial charge in [0, 0.05) is 0 Å². The van der Waals surface area contributed by atoms with E-state index in [1.807, 2.05) is 32.0 Å². The smallest absolute Gasteiger partial charge is 0.334 e. The van der Waals surface area contributed by atoms with Crippen LogP contribution in [0.25, 0.3) is 0 Å². The Kier molecular flexibility index (Phi) is 3.43. The Hall–Kier alpha value is -2.43. The number of benzene rings is 1. The Morgan fingerprint density at radius 2 is 1.56 bits per heavy atom. The van der Waals surface area contributed by atoms with E-state index in [1.165, 1.54) is 4.90 Å². The number of rotatable bonds is 3. The lowest BCUT2D eigenvalue weighted by Crippen LogP contribution is -2.45. The molecule has 1 aromatic rings. The van der Waals surface area contributed by atoms with E-state index in [0.717, 1.165) is 17.5 Å². The zero-order valence-electron chi connectivity index (χ0n) is 15.7. The van der Waals surface area contributed by atoms with Crippen LogP contribution in [0.3, 0.4) is 0 Å². The molecule has 140 valence electrons. The molecule has 5 nitrogen and oxygen atoms in total. The molecule has 2 amide bonds. The molecule has 0 radical (unpaired) electrons. The number of hydrogen-bond acceptors (Lipinski definition) is 4. The fraction of sp³-hybridized carbons (Fsp3) is 0.500. The Labute approximate surface area is 158 Å². The van der Waals surface area contributed by atoms with Crippen LogP contribution >= 0.6 is 0 Å². The molecule has 0 aromatic heterocycles. The average molecular weight is 365 g/mol. The molecule has 6 rings (SSSR count). The standard InChI is InChI=1S/C22H23NO4/c1-10-5-4-6-11(2)19(10)27-22(26)12(3)23-20(24)17-13-7-8-14(16-9-15(13)16)18(17)21(23)25/h4-8,12-18H,9H2,1-3H3/t12-,13-,14-,15-,16-,17+,18+/m1/s1. The first-order valence-electron chi connectivity index (χ1n) is 9.73. The molecule has 0 unspecified atom stereocenters. The molecule has 1 heterocycles. The number of hydrogen-bond donors (Lipinski definition) is 0. The second-order valence-electron chi connectivity index (χ2n) is 8.52. The molecule has 1 saturated heterocycles. The van der Waals surface area contributed by atoms with E-state index >= 15 is 0 Å². The van der Waals surface area contributed by atoms with Crippen molar-refractivity contribution in [2.24, 2.45) is 35.5 Å². The van der Waals surface area contributed by atoms with Crippen molar-refractivity contribution in [3.8, 4) is 5.75 Å². The molecule has 2 saturated carbocycles. The van der Waals surface area contributed by atoms with Crippen molar-refractivity contribution in [2.45, 2.75) is 33.2 Å². The van der Waals surface area contributed by atoms with Gasteiger partial charge in [0.2, 0.25) is 11.8 Å². The molecule has 5 heteroatoms. The monoisotopic (exact) mass is 365 g/mol. The number of esters is 1. The first kappa shape index (κ1) is 16.7. The number of likely N-dealkylation sites (tertiary alicyclic amines) is 1. The van der Waals surface area contributed by atoms with Gasteiger partial charge in [-0.05, 0) is 62.0 Å². The predicted octanol–water partition coefficient (Wildman–Crippen LogP) is 2.65. The van der Waals surface area contributed by atoms with Crippen LogP contribution < -0.4 is 4.74 Å². The van der Waals surface area contributed by atoms with Crippen molar-refractivity contribution in [1.29, 1.82) is 0 Å². The molecule has 1 aromatic carbocycles. The summed E-state index contributed by atoms with van der Waals surface area (Å²) in [5.74, 6) is 0.415. The van der Waals surface area contributed by atoms with Crippen molar-refractivity contribution in [3.05, 3.63) is 41.5 Å². The third-order valence-corrected chi connectivity index (χ3v) is 7.04. The van der Waals surface area contributed by atoms with Gasteiger partial charge in [0.25, 0.3) is 0 Å². The second kappa shape index (κ2) is 5.54. The van der Waals surface area contributed by atoms with Crippen LogP contribution in [0.4, 0.5) is 0 Å². The molecule has 27 heavy (non-hydrogen) atoms. The fourth-order valence-corrected chi connectivity index (χ4v) is 5.61. The van der Waals surface area contributed by atoms with Gasteiger partial charge < -0.3 is 4.74 Å². The van der Waals surface area contributed by atoms with Gasteiger partial charge in [-0.25, -0.2) is 4.79 Å². The van der Waals surface area contributed by atoms with Gasteiger partial charge in [0.15, 0.2) is 0 Å². The van der Waals surface area contributed by atoms with Crippen molar-refractivity contribution >= 4 is 17.8 Å². The summed E-state index contributed by atoms with van der Waals surface area (Å²) in [4.78, 5) is 40.2. The van der Waals surface area contributed by atoms with Gasteiger partial charge in [0.1, 0.15) is 11.8 Å². The van der Waals surface area contributed by atoms with Crippen LogP contribution in [0.2, 0.25) is 0 Å². The molecule has 2 bridgehead atoms. The minimum Gasteiger partial charge on any atom is -0.424 e. The molecule has 3 fully saturated rings. The average Bonchev–Trinajstić information content (AvgIpc) is 3.42. The summed E-state index contributed by atoms with van der Waals surface area (Å²) >= 11 is 0. The van der Waals surface area contributed by atoms with Crippen LogP contribution in [0.15, 0.2) is 30.4 Å². The highest BCUT2D eigenvalue weighted by Crippen LogP contribution is 2.65. The predicted molar refractivity (Wildman–Crippen MR) is 97.6 cm³/mol. The van der Waals surface area contributed by atoms with Crippen LogP contribution in [0.1, 0.15) is 24.5 Å².